The van der Waals surface area contributed by atoms with Crippen molar-refractivity contribution < 1.29 is 8.42 Å². The molecule has 0 saturated carbocycles. The highest BCUT2D eigenvalue weighted by molar-refractivity contribution is 7.91. The summed E-state index contributed by atoms with van der Waals surface area (Å²) in [4.78, 5) is 8.47. The van der Waals surface area contributed by atoms with Gasteiger partial charge in [0.15, 0.2) is 9.84 Å². The lowest BCUT2D eigenvalue weighted by Crippen LogP contribution is -2.21. The fourth-order valence-electron chi connectivity index (χ4n) is 2.30. The summed E-state index contributed by atoms with van der Waals surface area (Å²) in [6.07, 6.45) is 2.21. The number of sulfone groups is 1. The molecule has 2 heterocycles. The molecule has 0 aliphatic carbocycles. The quantitative estimate of drug-likeness (QED) is 0.891. The highest BCUT2D eigenvalue weighted by Crippen LogP contribution is 2.24. The Labute approximate surface area is 133 Å². The van der Waals surface area contributed by atoms with Gasteiger partial charge >= 0.3 is 0 Å². The van der Waals surface area contributed by atoms with Gasteiger partial charge in [0.2, 0.25) is 5.95 Å². The monoisotopic (exact) mass is 338 g/mol. The zero-order valence-corrected chi connectivity index (χ0v) is 13.2. The highest BCUT2D eigenvalue weighted by Gasteiger charge is 2.27. The minimum absolute atomic E-state index is 0.104. The van der Waals surface area contributed by atoms with Gasteiger partial charge in [-0.3, -0.25) is 0 Å². The van der Waals surface area contributed by atoms with Gasteiger partial charge in [-0.1, -0.05) is 23.7 Å². The van der Waals surface area contributed by atoms with E-state index in [1.807, 2.05) is 18.2 Å². The summed E-state index contributed by atoms with van der Waals surface area (Å²) in [6.45, 7) is 0. The Morgan fingerprint density at radius 1 is 1.23 bits per heavy atom. The van der Waals surface area contributed by atoms with Gasteiger partial charge in [0.1, 0.15) is 5.82 Å². The van der Waals surface area contributed by atoms with Gasteiger partial charge in [0.05, 0.1) is 22.2 Å². The Bertz CT molecular complexity index is 782. The van der Waals surface area contributed by atoms with Crippen molar-refractivity contribution in [3.8, 4) is 0 Å². The van der Waals surface area contributed by atoms with Crippen molar-refractivity contribution >= 4 is 38.9 Å². The van der Waals surface area contributed by atoms with Crippen LogP contribution in [-0.2, 0) is 9.84 Å². The number of aromatic nitrogens is 2. The molecule has 1 unspecified atom stereocenters. The van der Waals surface area contributed by atoms with E-state index in [4.69, 9.17) is 11.6 Å². The largest absolute Gasteiger partial charge is 0.366 e. The van der Waals surface area contributed by atoms with E-state index in [1.54, 1.807) is 18.3 Å². The van der Waals surface area contributed by atoms with Crippen LogP contribution in [0.25, 0.3) is 0 Å². The minimum atomic E-state index is -2.92. The summed E-state index contributed by atoms with van der Waals surface area (Å²) in [7, 11) is -2.92. The average molecular weight is 339 g/mol. The van der Waals surface area contributed by atoms with Crippen LogP contribution in [0.1, 0.15) is 6.42 Å². The summed E-state index contributed by atoms with van der Waals surface area (Å²) in [5.41, 5.74) is 0.713. The van der Waals surface area contributed by atoms with Crippen LogP contribution in [-0.4, -0.2) is 35.9 Å². The van der Waals surface area contributed by atoms with E-state index < -0.39 is 9.84 Å². The first-order valence-corrected chi connectivity index (χ1v) is 9.03. The van der Waals surface area contributed by atoms with Gasteiger partial charge < -0.3 is 10.6 Å². The number of anilines is 3. The van der Waals surface area contributed by atoms with E-state index >= 15 is 0 Å². The molecule has 1 aromatic carbocycles. The van der Waals surface area contributed by atoms with Gasteiger partial charge in [-0.05, 0) is 24.6 Å². The second-order valence-electron chi connectivity index (χ2n) is 5.11. The van der Waals surface area contributed by atoms with Crippen molar-refractivity contribution in [1.29, 1.82) is 0 Å². The molecule has 22 heavy (non-hydrogen) atoms. The molecule has 0 amide bonds. The van der Waals surface area contributed by atoms with Crippen LogP contribution in [0.3, 0.4) is 0 Å². The highest BCUT2D eigenvalue weighted by atomic mass is 35.5. The molecule has 116 valence electrons. The fourth-order valence-corrected chi connectivity index (χ4v) is 4.16. The summed E-state index contributed by atoms with van der Waals surface area (Å²) in [6, 6.07) is 8.91. The predicted octanol–water partition coefficient (Wildman–Crippen LogP) is 2.47. The van der Waals surface area contributed by atoms with E-state index in [0.29, 0.717) is 28.9 Å². The second-order valence-corrected chi connectivity index (χ2v) is 7.75. The third-order valence-corrected chi connectivity index (χ3v) is 5.46. The molecule has 0 radical (unpaired) electrons. The molecule has 2 N–H and O–H groups in total. The zero-order chi connectivity index (χ0) is 15.6. The normalized spacial score (nSPS) is 19.8. The van der Waals surface area contributed by atoms with Crippen LogP contribution in [0.5, 0.6) is 0 Å². The summed E-state index contributed by atoms with van der Waals surface area (Å²) in [5, 5.41) is 6.75. The number of nitrogens with one attached hydrogen (secondary N) is 2. The topological polar surface area (TPSA) is 84.0 Å². The first kappa shape index (κ1) is 15.1. The maximum Gasteiger partial charge on any atom is 0.229 e. The number of para-hydroxylation sites is 1. The second kappa shape index (κ2) is 6.10. The first-order valence-electron chi connectivity index (χ1n) is 6.83. The average Bonchev–Trinajstić information content (AvgIpc) is 2.81. The van der Waals surface area contributed by atoms with Crippen molar-refractivity contribution in [3.63, 3.8) is 0 Å². The zero-order valence-electron chi connectivity index (χ0n) is 11.7. The third kappa shape index (κ3) is 3.66. The molecule has 0 bridgehead atoms. The lowest BCUT2D eigenvalue weighted by Gasteiger charge is -2.12. The fraction of sp³-hybridized carbons (Fsp3) is 0.286. The number of nitrogens with zero attached hydrogens (tertiary/aromatic N) is 2. The molecule has 1 aromatic heterocycles. The van der Waals surface area contributed by atoms with Crippen LogP contribution in [0, 0.1) is 0 Å². The van der Waals surface area contributed by atoms with Gasteiger partial charge in [-0.25, -0.2) is 13.4 Å². The van der Waals surface area contributed by atoms with E-state index in [9.17, 15) is 8.42 Å². The Morgan fingerprint density at radius 2 is 2.05 bits per heavy atom. The van der Waals surface area contributed by atoms with Gasteiger partial charge in [0.25, 0.3) is 0 Å². The van der Waals surface area contributed by atoms with Gasteiger partial charge in [-0.2, -0.15) is 4.98 Å². The Balaban J connectivity index is 1.72. The lowest BCUT2D eigenvalue weighted by atomic mass is 10.2. The van der Waals surface area contributed by atoms with Crippen LogP contribution in [0.2, 0.25) is 5.02 Å². The smallest absolute Gasteiger partial charge is 0.229 e. The molecule has 2 aromatic rings. The molecule has 1 aliphatic rings. The molecule has 8 heteroatoms. The maximum atomic E-state index is 11.5. The Hall–Kier alpha value is -1.86. The maximum absolute atomic E-state index is 11.5. The third-order valence-electron chi connectivity index (χ3n) is 3.36. The van der Waals surface area contributed by atoms with E-state index in [1.165, 1.54) is 0 Å². The van der Waals surface area contributed by atoms with E-state index in [0.717, 1.165) is 0 Å². The summed E-state index contributed by atoms with van der Waals surface area (Å²) < 4.78 is 23.0. The van der Waals surface area contributed by atoms with Crippen molar-refractivity contribution in [2.24, 2.45) is 0 Å². The van der Waals surface area contributed by atoms with Crippen LogP contribution in [0.15, 0.2) is 36.5 Å². The first-order chi connectivity index (χ1) is 10.5. The van der Waals surface area contributed by atoms with E-state index in [2.05, 4.69) is 20.6 Å². The van der Waals surface area contributed by atoms with Crippen LogP contribution >= 0.6 is 11.6 Å². The van der Waals surface area contributed by atoms with Crippen molar-refractivity contribution in [2.75, 3.05) is 22.1 Å². The standard InChI is InChI=1S/C14H15ClN4O2S/c15-11-3-1-2-4-12(11)18-14-16-7-5-13(19-14)17-10-6-8-22(20,21)9-10/h1-5,7,10H,6,8-9H2,(H2,16,17,18,19). The lowest BCUT2D eigenvalue weighted by molar-refractivity contribution is 0.602. The number of rotatable bonds is 4. The number of hydrogen-bond donors (Lipinski definition) is 2. The molecule has 0 spiro atoms. The van der Waals surface area contributed by atoms with Crippen molar-refractivity contribution in [3.05, 3.63) is 41.6 Å². The molecule has 6 nitrogen and oxygen atoms in total. The molecule has 3 rings (SSSR count). The molecular formula is C14H15ClN4O2S. The Morgan fingerprint density at radius 3 is 2.77 bits per heavy atom. The van der Waals surface area contributed by atoms with E-state index in [-0.39, 0.29) is 17.5 Å². The Kier molecular flexibility index (Phi) is 4.17. The number of benzene rings is 1. The molecule has 1 fully saturated rings. The van der Waals surface area contributed by atoms with Crippen LogP contribution in [0.4, 0.5) is 17.5 Å². The van der Waals surface area contributed by atoms with Crippen molar-refractivity contribution in [1.82, 2.24) is 9.97 Å². The number of hydrogen-bond acceptors (Lipinski definition) is 6. The SMILES string of the molecule is O=S1(=O)CCC(Nc2ccnc(Nc3ccccc3Cl)n2)C1. The van der Waals surface area contributed by atoms with Gasteiger partial charge in [0, 0.05) is 12.2 Å². The summed E-state index contributed by atoms with van der Waals surface area (Å²) >= 11 is 6.08. The van der Waals surface area contributed by atoms with Crippen molar-refractivity contribution in [2.45, 2.75) is 12.5 Å². The number of halogens is 1. The molecule has 1 atom stereocenters. The van der Waals surface area contributed by atoms with Crippen LogP contribution < -0.4 is 10.6 Å². The molecule has 1 saturated heterocycles. The summed E-state index contributed by atoms with van der Waals surface area (Å²) in [5.74, 6) is 1.36. The molecule has 1 aliphatic heterocycles. The minimum Gasteiger partial charge on any atom is -0.366 e. The molecular weight excluding hydrogens is 324 g/mol. The van der Waals surface area contributed by atoms with Gasteiger partial charge in [-0.15, -0.1) is 0 Å². The predicted molar refractivity (Wildman–Crippen MR) is 87.4 cm³/mol.